The van der Waals surface area contributed by atoms with Gasteiger partial charge >= 0.3 is 0 Å². The molecule has 212 valence electrons. The van der Waals surface area contributed by atoms with Gasteiger partial charge in [0.2, 0.25) is 5.82 Å². The van der Waals surface area contributed by atoms with Crippen molar-refractivity contribution >= 4 is 51.5 Å². The average molecular weight is 588 g/mol. The topological polar surface area (TPSA) is 95.7 Å². The Morgan fingerprint density at radius 2 is 1.85 bits per heavy atom. The monoisotopic (exact) mass is 587 g/mol. The SMILES string of the molecule is CC(=O)c1cccc(N2CC3CN(C(=S)c4nc5c(C)cc(N6CCC(C)(c7nnc(C)s7)C6)cn5n4)CC3C2)n1. The van der Waals surface area contributed by atoms with Crippen molar-refractivity contribution < 1.29 is 4.79 Å². The first kappa shape index (κ1) is 26.4. The van der Waals surface area contributed by atoms with Crippen LogP contribution in [0.25, 0.3) is 5.65 Å². The molecule has 0 amide bonds. The molecule has 3 unspecified atom stereocenters. The second kappa shape index (κ2) is 9.80. The fourth-order valence-corrected chi connectivity index (χ4v) is 7.67. The maximum Gasteiger partial charge on any atom is 0.209 e. The molecule has 41 heavy (non-hydrogen) atoms. The predicted molar refractivity (Wildman–Crippen MR) is 163 cm³/mol. The molecule has 4 aromatic rings. The molecular weight excluding hydrogens is 555 g/mol. The van der Waals surface area contributed by atoms with Gasteiger partial charge in [-0.3, -0.25) is 4.79 Å². The second-order valence-electron chi connectivity index (χ2n) is 12.0. The minimum atomic E-state index is -0.00714. The van der Waals surface area contributed by atoms with Crippen LogP contribution in [0.1, 0.15) is 52.2 Å². The van der Waals surface area contributed by atoms with E-state index in [-0.39, 0.29) is 11.2 Å². The van der Waals surface area contributed by atoms with Crippen LogP contribution in [0.2, 0.25) is 0 Å². The standard InChI is InChI=1S/C29H33N9OS2/c1-17-10-22(35-9-8-29(4,16-35)28-33-32-19(3)41-28)15-38-26(17)31-25(34-38)27(40)37-13-20-11-36(12-21(20)14-37)24-7-5-6-23(30-24)18(2)39/h5-7,10,15,20-21H,8-9,11-14,16H2,1-4H3. The summed E-state index contributed by atoms with van der Waals surface area (Å²) in [5.74, 6) is 2.46. The molecule has 0 radical (unpaired) electrons. The lowest BCUT2D eigenvalue weighted by Gasteiger charge is -2.23. The first-order valence-electron chi connectivity index (χ1n) is 14.1. The summed E-state index contributed by atoms with van der Waals surface area (Å²) in [6, 6.07) is 7.89. The number of likely N-dealkylation sites (tertiary alicyclic amines) is 1. The van der Waals surface area contributed by atoms with Crippen molar-refractivity contribution in [1.29, 1.82) is 0 Å². The van der Waals surface area contributed by atoms with Crippen molar-refractivity contribution in [3.05, 3.63) is 57.6 Å². The van der Waals surface area contributed by atoms with Gasteiger partial charge < -0.3 is 14.7 Å². The van der Waals surface area contributed by atoms with Gasteiger partial charge in [-0.2, -0.15) is 0 Å². The van der Waals surface area contributed by atoms with Crippen LogP contribution < -0.4 is 9.80 Å². The summed E-state index contributed by atoms with van der Waals surface area (Å²) >= 11 is 7.64. The van der Waals surface area contributed by atoms with Crippen LogP contribution in [0.15, 0.2) is 30.5 Å². The third kappa shape index (κ3) is 4.66. The zero-order chi connectivity index (χ0) is 28.5. The van der Waals surface area contributed by atoms with Crippen LogP contribution >= 0.6 is 23.6 Å². The minimum absolute atomic E-state index is 0.000427. The maximum absolute atomic E-state index is 11.8. The minimum Gasteiger partial charge on any atom is -0.369 e. The summed E-state index contributed by atoms with van der Waals surface area (Å²) in [5.41, 5.74) is 3.58. The van der Waals surface area contributed by atoms with Crippen molar-refractivity contribution in [3.63, 3.8) is 0 Å². The molecule has 10 nitrogen and oxygen atoms in total. The van der Waals surface area contributed by atoms with E-state index >= 15 is 0 Å². The smallest absolute Gasteiger partial charge is 0.209 e. The number of hydrogen-bond acceptors (Lipinski definition) is 10. The highest BCUT2D eigenvalue weighted by Crippen LogP contribution is 2.38. The van der Waals surface area contributed by atoms with E-state index in [1.165, 1.54) is 0 Å². The Morgan fingerprint density at radius 1 is 1.07 bits per heavy atom. The van der Waals surface area contributed by atoms with Crippen molar-refractivity contribution in [2.45, 2.75) is 39.5 Å². The number of anilines is 2. The fraction of sp³-hybridized carbons (Fsp3) is 0.483. The zero-order valence-electron chi connectivity index (χ0n) is 23.7. The lowest BCUT2D eigenvalue weighted by molar-refractivity contribution is 0.101. The van der Waals surface area contributed by atoms with Gasteiger partial charge in [-0.25, -0.2) is 14.5 Å². The first-order valence-corrected chi connectivity index (χ1v) is 15.3. The van der Waals surface area contributed by atoms with E-state index in [1.807, 2.05) is 23.6 Å². The van der Waals surface area contributed by atoms with Crippen LogP contribution in [-0.2, 0) is 5.41 Å². The number of Topliss-reactive ketones (excluding diaryl/α,β-unsaturated/α-hetero) is 1. The normalized spacial score (nSPS) is 24.0. The molecule has 3 saturated heterocycles. The average Bonchev–Trinajstić information content (AvgIpc) is 3.76. The molecule has 3 aliphatic rings. The number of pyridine rings is 2. The largest absolute Gasteiger partial charge is 0.369 e. The number of thiocarbonyl (C=S) groups is 1. The molecule has 12 heteroatoms. The number of hydrogen-bond donors (Lipinski definition) is 0. The van der Waals surface area contributed by atoms with Crippen LogP contribution in [0.5, 0.6) is 0 Å². The lowest BCUT2D eigenvalue weighted by Crippen LogP contribution is -2.33. The van der Waals surface area contributed by atoms with Crippen LogP contribution in [0, 0.1) is 25.7 Å². The molecule has 3 aliphatic heterocycles. The number of fused-ring (bicyclic) bond motifs is 2. The molecular formula is C29H33N9OS2. The Labute approximate surface area is 248 Å². The highest BCUT2D eigenvalue weighted by molar-refractivity contribution is 7.80. The van der Waals surface area contributed by atoms with Gasteiger partial charge in [0.25, 0.3) is 0 Å². The molecule has 7 rings (SSSR count). The Hall–Kier alpha value is -3.51. The third-order valence-electron chi connectivity index (χ3n) is 8.87. The van der Waals surface area contributed by atoms with Gasteiger partial charge in [-0.05, 0) is 44.0 Å². The Bertz CT molecular complexity index is 1670. The maximum atomic E-state index is 11.8. The molecule has 0 spiro atoms. The molecule has 7 heterocycles. The Morgan fingerprint density at radius 3 is 2.56 bits per heavy atom. The number of carbonyl (C=O) groups is 1. The fourth-order valence-electron chi connectivity index (χ4n) is 6.57. The number of ketones is 1. The van der Waals surface area contributed by atoms with E-state index < -0.39 is 0 Å². The number of rotatable bonds is 5. The Kier molecular flexibility index (Phi) is 6.31. The summed E-state index contributed by atoms with van der Waals surface area (Å²) in [6.07, 6.45) is 3.12. The number of carbonyl (C=O) groups excluding carboxylic acids is 1. The molecule has 0 aromatic carbocycles. The van der Waals surface area contributed by atoms with Crippen molar-refractivity contribution in [1.82, 2.24) is 34.7 Å². The van der Waals surface area contributed by atoms with Gasteiger partial charge in [0, 0.05) is 63.4 Å². The predicted octanol–water partition coefficient (Wildman–Crippen LogP) is 3.71. The van der Waals surface area contributed by atoms with Gasteiger partial charge in [0.1, 0.15) is 26.5 Å². The summed E-state index contributed by atoms with van der Waals surface area (Å²) < 4.78 is 1.89. The highest BCUT2D eigenvalue weighted by atomic mass is 32.1. The van der Waals surface area contributed by atoms with Gasteiger partial charge in [-0.15, -0.1) is 26.6 Å². The summed E-state index contributed by atoms with van der Waals surface area (Å²) in [7, 11) is 0. The van der Waals surface area contributed by atoms with E-state index in [2.05, 4.69) is 56.0 Å². The first-order chi connectivity index (χ1) is 19.7. The van der Waals surface area contributed by atoms with Crippen LogP contribution in [0.4, 0.5) is 11.5 Å². The molecule has 0 N–H and O–H groups in total. The van der Waals surface area contributed by atoms with E-state index in [1.54, 1.807) is 24.3 Å². The third-order valence-corrected chi connectivity index (χ3v) is 10.5. The molecule has 0 bridgehead atoms. The van der Waals surface area contributed by atoms with Crippen molar-refractivity contribution in [3.8, 4) is 0 Å². The molecule has 3 fully saturated rings. The van der Waals surface area contributed by atoms with E-state index in [4.69, 9.17) is 22.3 Å². The van der Waals surface area contributed by atoms with Gasteiger partial charge in [0.15, 0.2) is 11.4 Å². The molecule has 0 aliphatic carbocycles. The molecule has 3 atom stereocenters. The van der Waals surface area contributed by atoms with Crippen molar-refractivity contribution in [2.75, 3.05) is 49.1 Å². The number of aromatic nitrogens is 6. The van der Waals surface area contributed by atoms with Crippen LogP contribution in [0.3, 0.4) is 0 Å². The number of aryl methyl sites for hydroxylation is 2. The van der Waals surface area contributed by atoms with Crippen LogP contribution in [-0.4, -0.2) is 84.7 Å². The summed E-state index contributed by atoms with van der Waals surface area (Å²) in [5, 5.41) is 15.7. The van der Waals surface area contributed by atoms with E-state index in [0.717, 1.165) is 78.4 Å². The second-order valence-corrected chi connectivity index (χ2v) is 13.6. The highest BCUT2D eigenvalue weighted by Gasteiger charge is 2.42. The van der Waals surface area contributed by atoms with E-state index in [0.29, 0.717) is 28.3 Å². The number of nitrogens with zero attached hydrogens (tertiary/aromatic N) is 9. The molecule has 0 saturated carbocycles. The Balaban J connectivity index is 1.05. The van der Waals surface area contributed by atoms with Gasteiger partial charge in [0.05, 0.1) is 11.9 Å². The zero-order valence-corrected chi connectivity index (χ0v) is 25.4. The van der Waals surface area contributed by atoms with E-state index in [9.17, 15) is 4.79 Å². The summed E-state index contributed by atoms with van der Waals surface area (Å²) in [6.45, 7) is 13.4. The molecule has 4 aromatic heterocycles. The van der Waals surface area contributed by atoms with Crippen molar-refractivity contribution in [2.24, 2.45) is 11.8 Å². The quantitative estimate of drug-likeness (QED) is 0.254. The van der Waals surface area contributed by atoms with Gasteiger partial charge in [-0.1, -0.05) is 25.2 Å². The lowest BCUT2D eigenvalue weighted by atomic mass is 9.91. The summed E-state index contributed by atoms with van der Waals surface area (Å²) in [4.78, 5) is 28.9.